The Labute approximate surface area is 199 Å². The summed E-state index contributed by atoms with van der Waals surface area (Å²) in [5.41, 5.74) is 2.66. The summed E-state index contributed by atoms with van der Waals surface area (Å²) in [5, 5.41) is 17.3. The normalized spacial score (nSPS) is 12.6. The van der Waals surface area contributed by atoms with Crippen LogP contribution in [-0.2, 0) is 24.2 Å². The van der Waals surface area contributed by atoms with E-state index < -0.39 is 4.92 Å². The topological polar surface area (TPSA) is 101 Å². The molecule has 0 saturated carbocycles. The highest BCUT2D eigenvalue weighted by Crippen LogP contribution is 2.38. The van der Waals surface area contributed by atoms with Gasteiger partial charge in [0.1, 0.15) is 5.00 Å². The first kappa shape index (κ1) is 23.0. The van der Waals surface area contributed by atoms with Crippen LogP contribution in [-0.4, -0.2) is 22.5 Å². The second-order valence-corrected chi connectivity index (χ2v) is 9.83. The number of rotatable bonds is 8. The molecule has 0 fully saturated rings. The van der Waals surface area contributed by atoms with Gasteiger partial charge in [-0.15, -0.1) is 23.1 Å². The molecule has 1 heterocycles. The lowest BCUT2D eigenvalue weighted by molar-refractivity contribution is -0.384. The third kappa shape index (κ3) is 5.80. The van der Waals surface area contributed by atoms with Crippen molar-refractivity contribution >= 4 is 45.6 Å². The van der Waals surface area contributed by atoms with Gasteiger partial charge in [0.25, 0.3) is 11.6 Å². The minimum atomic E-state index is -0.454. The highest BCUT2D eigenvalue weighted by molar-refractivity contribution is 8.00. The zero-order valence-electron chi connectivity index (χ0n) is 17.8. The molecule has 2 N–H and O–H groups in total. The first-order valence-electron chi connectivity index (χ1n) is 10.6. The van der Waals surface area contributed by atoms with Gasteiger partial charge in [-0.1, -0.05) is 30.3 Å². The van der Waals surface area contributed by atoms with Crippen molar-refractivity contribution in [3.63, 3.8) is 0 Å². The molecule has 0 saturated heterocycles. The number of nitrogens with one attached hydrogen (secondary N) is 2. The lowest BCUT2D eigenvalue weighted by Crippen LogP contribution is -2.25. The molecule has 0 atom stereocenters. The van der Waals surface area contributed by atoms with Crippen LogP contribution < -0.4 is 10.6 Å². The van der Waals surface area contributed by atoms with E-state index in [1.165, 1.54) is 40.1 Å². The molecule has 33 heavy (non-hydrogen) atoms. The molecule has 1 aliphatic carbocycles. The zero-order valence-corrected chi connectivity index (χ0v) is 19.5. The lowest BCUT2D eigenvalue weighted by atomic mass is 9.95. The molecule has 2 aromatic carbocycles. The number of carbonyl (C=O) groups is 2. The molecular weight excluding hydrogens is 458 g/mol. The number of nitrogens with zero attached hydrogens (tertiary/aromatic N) is 1. The predicted molar refractivity (Wildman–Crippen MR) is 131 cm³/mol. The van der Waals surface area contributed by atoms with Crippen molar-refractivity contribution in [2.24, 2.45) is 0 Å². The van der Waals surface area contributed by atoms with E-state index in [0.717, 1.165) is 41.7 Å². The number of aryl methyl sites for hydroxylation is 1. The molecule has 0 spiro atoms. The summed E-state index contributed by atoms with van der Waals surface area (Å²) >= 11 is 2.78. The molecule has 7 nitrogen and oxygen atoms in total. The standard InChI is InChI=1S/C24H23N3O4S2/c28-21(15-32-18-12-10-17(11-13-18)27(30)31)26-24-22(19-8-4-5-9-20(19)33-24)23(29)25-14-16-6-2-1-3-7-16/h1-3,6-7,10-13H,4-5,8-9,14-15H2,(H,25,29)(H,26,28). The summed E-state index contributed by atoms with van der Waals surface area (Å²) in [7, 11) is 0. The minimum Gasteiger partial charge on any atom is -0.348 e. The fraction of sp³-hybridized carbons (Fsp3) is 0.250. The molecule has 0 unspecified atom stereocenters. The van der Waals surface area contributed by atoms with Crippen molar-refractivity contribution in [3.05, 3.63) is 86.3 Å². The fourth-order valence-electron chi connectivity index (χ4n) is 3.74. The van der Waals surface area contributed by atoms with Gasteiger partial charge in [-0.3, -0.25) is 19.7 Å². The van der Waals surface area contributed by atoms with Crippen LogP contribution >= 0.6 is 23.1 Å². The average molecular weight is 482 g/mol. The van der Waals surface area contributed by atoms with Crippen molar-refractivity contribution < 1.29 is 14.5 Å². The number of nitro groups is 1. The molecule has 0 radical (unpaired) electrons. The molecule has 1 aliphatic rings. The van der Waals surface area contributed by atoms with Gasteiger partial charge in [-0.05, 0) is 48.9 Å². The van der Waals surface area contributed by atoms with E-state index in [9.17, 15) is 19.7 Å². The number of hydrogen-bond donors (Lipinski definition) is 2. The zero-order chi connectivity index (χ0) is 23.2. The third-order valence-corrected chi connectivity index (χ3v) is 7.58. The van der Waals surface area contributed by atoms with Crippen LogP contribution in [0.25, 0.3) is 0 Å². The number of nitro benzene ring substituents is 1. The van der Waals surface area contributed by atoms with Gasteiger partial charge in [0.15, 0.2) is 0 Å². The van der Waals surface area contributed by atoms with E-state index in [4.69, 9.17) is 0 Å². The summed E-state index contributed by atoms with van der Waals surface area (Å²) < 4.78 is 0. The van der Waals surface area contributed by atoms with Crippen LogP contribution in [0.5, 0.6) is 0 Å². The largest absolute Gasteiger partial charge is 0.348 e. The van der Waals surface area contributed by atoms with Crippen LogP contribution in [0.2, 0.25) is 0 Å². The number of carbonyl (C=O) groups excluding carboxylic acids is 2. The van der Waals surface area contributed by atoms with E-state index in [2.05, 4.69) is 10.6 Å². The molecule has 9 heteroatoms. The minimum absolute atomic E-state index is 0.0131. The molecular formula is C24H23N3O4S2. The van der Waals surface area contributed by atoms with Gasteiger partial charge < -0.3 is 10.6 Å². The molecule has 0 aliphatic heterocycles. The third-order valence-electron chi connectivity index (χ3n) is 5.36. The summed E-state index contributed by atoms with van der Waals surface area (Å²) in [6, 6.07) is 15.8. The number of thiophene rings is 1. The monoisotopic (exact) mass is 481 g/mol. The molecule has 2 amide bonds. The summed E-state index contributed by atoms with van der Waals surface area (Å²) in [4.78, 5) is 38.0. The van der Waals surface area contributed by atoms with Crippen LogP contribution in [0.1, 0.15) is 39.2 Å². The van der Waals surface area contributed by atoms with Gasteiger partial charge >= 0.3 is 0 Å². The Bertz CT molecular complexity index is 1160. The maximum Gasteiger partial charge on any atom is 0.269 e. The van der Waals surface area contributed by atoms with Gasteiger partial charge in [-0.25, -0.2) is 0 Å². The number of thioether (sulfide) groups is 1. The second-order valence-electron chi connectivity index (χ2n) is 7.67. The van der Waals surface area contributed by atoms with Crippen molar-refractivity contribution in [3.8, 4) is 0 Å². The highest BCUT2D eigenvalue weighted by Gasteiger charge is 2.26. The van der Waals surface area contributed by atoms with Crippen molar-refractivity contribution in [1.82, 2.24) is 5.32 Å². The maximum absolute atomic E-state index is 13.1. The fourth-order valence-corrected chi connectivity index (χ4v) is 5.74. The Morgan fingerprint density at radius 2 is 1.76 bits per heavy atom. The SMILES string of the molecule is O=C(CSc1ccc([N+](=O)[O-])cc1)Nc1sc2c(c1C(=O)NCc1ccccc1)CCCC2. The van der Waals surface area contributed by atoms with E-state index in [1.807, 2.05) is 30.3 Å². The van der Waals surface area contributed by atoms with Gasteiger partial charge in [0, 0.05) is 28.5 Å². The summed E-state index contributed by atoms with van der Waals surface area (Å²) in [6.45, 7) is 0.424. The first-order valence-corrected chi connectivity index (χ1v) is 12.4. The van der Waals surface area contributed by atoms with Crippen LogP contribution in [0.15, 0.2) is 59.5 Å². The van der Waals surface area contributed by atoms with Crippen LogP contribution in [0, 0.1) is 10.1 Å². The van der Waals surface area contributed by atoms with Crippen molar-refractivity contribution in [2.45, 2.75) is 37.1 Å². The lowest BCUT2D eigenvalue weighted by Gasteiger charge is -2.13. The average Bonchev–Trinajstić information content (AvgIpc) is 3.20. The number of amides is 2. The number of hydrogen-bond acceptors (Lipinski definition) is 6. The van der Waals surface area contributed by atoms with E-state index >= 15 is 0 Å². The number of non-ortho nitro benzene ring substituents is 1. The van der Waals surface area contributed by atoms with Crippen molar-refractivity contribution in [1.29, 1.82) is 0 Å². The molecule has 4 rings (SSSR count). The Morgan fingerprint density at radius 3 is 2.48 bits per heavy atom. The quantitative estimate of drug-likeness (QED) is 0.262. The Kier molecular flexibility index (Phi) is 7.41. The Morgan fingerprint density at radius 1 is 1.03 bits per heavy atom. The van der Waals surface area contributed by atoms with E-state index in [1.54, 1.807) is 12.1 Å². The highest BCUT2D eigenvalue weighted by atomic mass is 32.2. The van der Waals surface area contributed by atoms with E-state index in [-0.39, 0.29) is 23.3 Å². The van der Waals surface area contributed by atoms with E-state index in [0.29, 0.717) is 17.1 Å². The molecule has 3 aromatic rings. The van der Waals surface area contributed by atoms with Crippen molar-refractivity contribution in [2.75, 3.05) is 11.1 Å². The predicted octanol–water partition coefficient (Wildman–Crippen LogP) is 5.20. The Hall–Kier alpha value is -3.17. The van der Waals surface area contributed by atoms with Crippen LogP contribution in [0.4, 0.5) is 10.7 Å². The van der Waals surface area contributed by atoms with Crippen LogP contribution in [0.3, 0.4) is 0 Å². The Balaban J connectivity index is 1.44. The van der Waals surface area contributed by atoms with Gasteiger partial charge in [0.2, 0.25) is 5.91 Å². The number of anilines is 1. The first-order chi connectivity index (χ1) is 16.0. The number of benzene rings is 2. The summed E-state index contributed by atoms with van der Waals surface area (Å²) in [5.74, 6) is -0.239. The van der Waals surface area contributed by atoms with Gasteiger partial charge in [-0.2, -0.15) is 0 Å². The molecule has 170 valence electrons. The maximum atomic E-state index is 13.1. The molecule has 1 aromatic heterocycles. The molecule has 0 bridgehead atoms. The summed E-state index contributed by atoms with van der Waals surface area (Å²) in [6.07, 6.45) is 3.88. The second kappa shape index (κ2) is 10.6. The number of fused-ring (bicyclic) bond motifs is 1. The smallest absolute Gasteiger partial charge is 0.269 e. The van der Waals surface area contributed by atoms with Gasteiger partial charge in [0.05, 0.1) is 16.2 Å².